The zero-order valence-corrected chi connectivity index (χ0v) is 11.5. The zero-order chi connectivity index (χ0) is 13.1. The molecule has 2 rings (SSSR count). The van der Waals surface area contributed by atoms with Gasteiger partial charge in [0.05, 0.1) is 13.1 Å². The molecule has 1 saturated heterocycles. The Bertz CT molecular complexity index is 448. The lowest BCUT2D eigenvalue weighted by Gasteiger charge is -2.22. The van der Waals surface area contributed by atoms with E-state index in [1.165, 1.54) is 4.90 Å². The van der Waals surface area contributed by atoms with Gasteiger partial charge in [-0.05, 0) is 25.6 Å². The number of nitrogens with zero attached hydrogens (tertiary/aromatic N) is 2. The molecule has 0 saturated carbocycles. The summed E-state index contributed by atoms with van der Waals surface area (Å²) in [4.78, 5) is 28.7. The highest BCUT2D eigenvalue weighted by Crippen LogP contribution is 2.00. The quantitative estimate of drug-likeness (QED) is 0.650. The molecule has 102 valence electrons. The lowest BCUT2D eigenvalue weighted by molar-refractivity contribution is -0.145. The molecule has 0 atom stereocenters. The average molecular weight is 285 g/mol. The second-order valence-electron chi connectivity index (χ2n) is 4.24. The maximum absolute atomic E-state index is 11.5. The van der Waals surface area contributed by atoms with E-state index >= 15 is 0 Å². The third-order valence-corrected chi connectivity index (χ3v) is 2.45. The highest BCUT2D eigenvalue weighted by molar-refractivity contribution is 6.63. The topological polar surface area (TPSA) is 68.7 Å². The van der Waals surface area contributed by atoms with Crippen LogP contribution < -0.4 is 5.59 Å². The van der Waals surface area contributed by atoms with E-state index in [0.717, 1.165) is 5.56 Å². The van der Waals surface area contributed by atoms with Crippen LogP contribution in [0.2, 0.25) is 0 Å². The summed E-state index contributed by atoms with van der Waals surface area (Å²) in [6.45, 7) is 2.00. The fraction of sp³-hybridized carbons (Fsp3) is 0.364. The minimum atomic E-state index is -1.06. The van der Waals surface area contributed by atoms with E-state index in [1.807, 2.05) is 13.0 Å². The Hall–Kier alpha value is -1.60. The average Bonchev–Trinajstić information content (AvgIpc) is 2.26. The number of aryl methyl sites for hydroxylation is 1. The molecule has 1 aliphatic rings. The SMILES string of the molecule is Cc1ccc(B2OC(=O)CN(C)CC(=O)O2)nc1.Cl. The Morgan fingerprint density at radius 2 is 1.79 bits per heavy atom. The number of carbonyl (C=O) groups excluding carboxylic acids is 2. The van der Waals surface area contributed by atoms with E-state index in [1.54, 1.807) is 19.3 Å². The first kappa shape index (κ1) is 15.5. The number of carbonyl (C=O) groups is 2. The molecule has 0 bridgehead atoms. The highest BCUT2D eigenvalue weighted by atomic mass is 35.5. The number of likely N-dealkylation sites (N-methyl/N-ethyl adjacent to an activating group) is 1. The highest BCUT2D eigenvalue weighted by Gasteiger charge is 2.34. The normalized spacial score (nSPS) is 16.8. The van der Waals surface area contributed by atoms with Crippen LogP contribution in [0.3, 0.4) is 0 Å². The number of hydrogen-bond donors (Lipinski definition) is 0. The molecule has 8 heteroatoms. The molecule has 1 aromatic rings. The summed E-state index contributed by atoms with van der Waals surface area (Å²) in [7, 11) is 0.590. The molecule has 0 unspecified atom stereocenters. The van der Waals surface area contributed by atoms with Crippen molar-refractivity contribution in [2.75, 3.05) is 20.1 Å². The Labute approximate surface area is 117 Å². The Kier molecular flexibility index (Phi) is 5.32. The van der Waals surface area contributed by atoms with Crippen molar-refractivity contribution in [1.82, 2.24) is 9.88 Å². The maximum Gasteiger partial charge on any atom is 0.656 e. The minimum Gasteiger partial charge on any atom is -0.493 e. The van der Waals surface area contributed by atoms with Gasteiger partial charge in [0, 0.05) is 6.20 Å². The second kappa shape index (κ2) is 6.54. The molecule has 0 N–H and O–H groups in total. The van der Waals surface area contributed by atoms with Gasteiger partial charge in [0.1, 0.15) is 5.59 Å². The van der Waals surface area contributed by atoms with E-state index in [4.69, 9.17) is 9.31 Å². The van der Waals surface area contributed by atoms with Gasteiger partial charge >= 0.3 is 19.1 Å². The van der Waals surface area contributed by atoms with Gasteiger partial charge in [-0.1, -0.05) is 6.07 Å². The Balaban J connectivity index is 0.00000180. The van der Waals surface area contributed by atoms with E-state index in [2.05, 4.69) is 4.98 Å². The van der Waals surface area contributed by atoms with Crippen LogP contribution in [0.5, 0.6) is 0 Å². The molecule has 1 aromatic heterocycles. The maximum atomic E-state index is 11.5. The largest absolute Gasteiger partial charge is 0.656 e. The number of aromatic nitrogens is 1. The third-order valence-electron chi connectivity index (χ3n) is 2.45. The van der Waals surface area contributed by atoms with Gasteiger partial charge in [-0.2, -0.15) is 0 Å². The van der Waals surface area contributed by atoms with Gasteiger partial charge in [0.25, 0.3) is 0 Å². The van der Waals surface area contributed by atoms with Crippen LogP contribution in [-0.4, -0.2) is 49.1 Å². The molecular formula is C11H14BClN2O4. The van der Waals surface area contributed by atoms with Crippen molar-refractivity contribution in [3.05, 3.63) is 23.9 Å². The first-order valence-corrected chi connectivity index (χ1v) is 5.54. The van der Waals surface area contributed by atoms with E-state index in [9.17, 15) is 9.59 Å². The predicted molar refractivity (Wildman–Crippen MR) is 71.3 cm³/mol. The zero-order valence-electron chi connectivity index (χ0n) is 10.7. The van der Waals surface area contributed by atoms with Crippen molar-refractivity contribution in [3.63, 3.8) is 0 Å². The summed E-state index contributed by atoms with van der Waals surface area (Å²) in [6.07, 6.45) is 1.63. The molecule has 1 fully saturated rings. The van der Waals surface area contributed by atoms with Crippen molar-refractivity contribution >= 4 is 37.1 Å². The molecular weight excluding hydrogens is 270 g/mol. The summed E-state index contributed by atoms with van der Waals surface area (Å²) in [5, 5.41) is 0. The smallest absolute Gasteiger partial charge is 0.493 e. The summed E-state index contributed by atoms with van der Waals surface area (Å²) < 4.78 is 10.1. The first-order valence-electron chi connectivity index (χ1n) is 5.54. The summed E-state index contributed by atoms with van der Waals surface area (Å²) in [5.74, 6) is -0.894. The second-order valence-corrected chi connectivity index (χ2v) is 4.24. The Morgan fingerprint density at radius 3 is 2.26 bits per heavy atom. The van der Waals surface area contributed by atoms with Crippen molar-refractivity contribution in [2.24, 2.45) is 0 Å². The van der Waals surface area contributed by atoms with E-state index in [-0.39, 0.29) is 25.5 Å². The molecule has 19 heavy (non-hydrogen) atoms. The summed E-state index contributed by atoms with van der Waals surface area (Å²) in [5.41, 5.74) is 1.38. The van der Waals surface area contributed by atoms with Crippen LogP contribution in [0.25, 0.3) is 0 Å². The van der Waals surface area contributed by atoms with Gasteiger partial charge in [0.15, 0.2) is 0 Å². The molecule has 0 amide bonds. The molecule has 0 aliphatic carbocycles. The Morgan fingerprint density at radius 1 is 1.21 bits per heavy atom. The fourth-order valence-corrected chi connectivity index (χ4v) is 1.57. The van der Waals surface area contributed by atoms with Crippen molar-refractivity contribution < 1.29 is 18.9 Å². The number of pyridine rings is 1. The lowest BCUT2D eigenvalue weighted by Crippen LogP contribution is -2.48. The monoisotopic (exact) mass is 284 g/mol. The van der Waals surface area contributed by atoms with Gasteiger partial charge in [-0.3, -0.25) is 19.5 Å². The van der Waals surface area contributed by atoms with Crippen LogP contribution in [0, 0.1) is 6.92 Å². The molecule has 6 nitrogen and oxygen atoms in total. The van der Waals surface area contributed by atoms with Crippen LogP contribution in [-0.2, 0) is 18.9 Å². The van der Waals surface area contributed by atoms with E-state index in [0.29, 0.717) is 5.59 Å². The van der Waals surface area contributed by atoms with Gasteiger partial charge < -0.3 is 9.31 Å². The van der Waals surface area contributed by atoms with Gasteiger partial charge in [0.2, 0.25) is 0 Å². The summed E-state index contributed by atoms with van der Waals surface area (Å²) in [6, 6.07) is 3.49. The summed E-state index contributed by atoms with van der Waals surface area (Å²) >= 11 is 0. The van der Waals surface area contributed by atoms with Crippen LogP contribution in [0.15, 0.2) is 18.3 Å². The first-order chi connectivity index (χ1) is 8.54. The number of hydrogen-bond acceptors (Lipinski definition) is 6. The van der Waals surface area contributed by atoms with Crippen LogP contribution in [0.1, 0.15) is 5.56 Å². The van der Waals surface area contributed by atoms with Crippen molar-refractivity contribution in [2.45, 2.75) is 6.92 Å². The fourth-order valence-electron chi connectivity index (χ4n) is 1.57. The number of halogens is 1. The molecule has 2 heterocycles. The van der Waals surface area contributed by atoms with E-state index < -0.39 is 19.1 Å². The molecule has 0 spiro atoms. The predicted octanol–water partition coefficient (Wildman–Crippen LogP) is -0.461. The molecule has 0 radical (unpaired) electrons. The standard InChI is InChI=1S/C11H13BN2O4.ClH/c1-8-3-4-9(13-5-8)12-17-10(15)6-14(2)7-11(16)18-12;/h3-5H,6-7H2,1-2H3;1H. The van der Waals surface area contributed by atoms with Crippen molar-refractivity contribution in [3.8, 4) is 0 Å². The third kappa shape index (κ3) is 4.22. The van der Waals surface area contributed by atoms with Crippen molar-refractivity contribution in [1.29, 1.82) is 0 Å². The number of rotatable bonds is 1. The van der Waals surface area contributed by atoms with Crippen LogP contribution >= 0.6 is 12.4 Å². The minimum absolute atomic E-state index is 0. The van der Waals surface area contributed by atoms with Gasteiger partial charge in [-0.15, -0.1) is 12.4 Å². The lowest BCUT2D eigenvalue weighted by atomic mass is 9.83. The van der Waals surface area contributed by atoms with Crippen LogP contribution in [0.4, 0.5) is 0 Å². The molecule has 0 aromatic carbocycles. The van der Waals surface area contributed by atoms with Gasteiger partial charge in [-0.25, -0.2) is 0 Å². The molecule has 1 aliphatic heterocycles.